The van der Waals surface area contributed by atoms with E-state index in [1.807, 2.05) is 36.4 Å². The summed E-state index contributed by atoms with van der Waals surface area (Å²) in [5.41, 5.74) is 1.92. The fourth-order valence-corrected chi connectivity index (χ4v) is 4.43. The van der Waals surface area contributed by atoms with E-state index in [0.717, 1.165) is 16.1 Å². The lowest BCUT2D eigenvalue weighted by Gasteiger charge is -2.20. The second-order valence-electron chi connectivity index (χ2n) is 7.50. The molecular formula is C24H16BrClFN3O3. The minimum atomic E-state index is -0.505. The maximum absolute atomic E-state index is 13.4. The number of ether oxygens (including phenoxy) is 1. The van der Waals surface area contributed by atoms with Gasteiger partial charge in [-0.1, -0.05) is 45.7 Å². The van der Waals surface area contributed by atoms with E-state index in [9.17, 15) is 14.0 Å². The summed E-state index contributed by atoms with van der Waals surface area (Å²) in [5, 5.41) is 2.75. The molecule has 1 amide bonds. The van der Waals surface area contributed by atoms with Gasteiger partial charge in [-0.3, -0.25) is 9.59 Å². The highest BCUT2D eigenvalue weighted by molar-refractivity contribution is 9.10. The fourth-order valence-electron chi connectivity index (χ4n) is 3.81. The Morgan fingerprint density at radius 3 is 2.67 bits per heavy atom. The number of hydrogen-bond acceptors (Lipinski definition) is 3. The van der Waals surface area contributed by atoms with Gasteiger partial charge in [-0.25, -0.2) is 13.8 Å². The zero-order valence-electron chi connectivity index (χ0n) is 17.0. The molecule has 0 unspecified atom stereocenters. The molecule has 0 saturated carbocycles. The first-order chi connectivity index (χ1) is 15.9. The Kier molecular flexibility index (Phi) is 5.55. The summed E-state index contributed by atoms with van der Waals surface area (Å²) in [6, 6.07) is 18.3. The molecule has 166 valence electrons. The van der Waals surface area contributed by atoms with Gasteiger partial charge in [0, 0.05) is 16.5 Å². The minimum absolute atomic E-state index is 0.0779. The van der Waals surface area contributed by atoms with Gasteiger partial charge >= 0.3 is 0 Å². The smallest absolute Gasteiger partial charge is 0.278 e. The Bertz CT molecular complexity index is 1450. The van der Waals surface area contributed by atoms with Crippen LogP contribution in [0.25, 0.3) is 5.69 Å². The van der Waals surface area contributed by atoms with E-state index in [2.05, 4.69) is 21.2 Å². The van der Waals surface area contributed by atoms with Crippen molar-refractivity contribution < 1.29 is 13.9 Å². The predicted octanol–water partition coefficient (Wildman–Crippen LogP) is 5.53. The van der Waals surface area contributed by atoms with Crippen LogP contribution in [0, 0.1) is 5.82 Å². The molecule has 4 aromatic rings. The van der Waals surface area contributed by atoms with Crippen LogP contribution < -0.4 is 15.6 Å². The van der Waals surface area contributed by atoms with Crippen LogP contribution in [-0.4, -0.2) is 15.3 Å². The first kappa shape index (κ1) is 21.5. The maximum Gasteiger partial charge on any atom is 0.278 e. The third-order valence-corrected chi connectivity index (χ3v) is 6.09. The molecule has 33 heavy (non-hydrogen) atoms. The number of nitrogens with zero attached hydrogens (tertiary/aromatic N) is 2. The van der Waals surface area contributed by atoms with Crippen LogP contribution in [0.1, 0.15) is 11.1 Å². The first-order valence-corrected chi connectivity index (χ1v) is 11.2. The Morgan fingerprint density at radius 2 is 1.91 bits per heavy atom. The monoisotopic (exact) mass is 527 g/mol. The van der Waals surface area contributed by atoms with Crippen LogP contribution in [0.3, 0.4) is 0 Å². The number of carbonyl (C=O) groups excluding carboxylic acids is 1. The van der Waals surface area contributed by atoms with Crippen molar-refractivity contribution in [3.8, 4) is 17.3 Å². The summed E-state index contributed by atoms with van der Waals surface area (Å²) >= 11 is 9.50. The molecule has 0 spiro atoms. The molecule has 0 saturated heterocycles. The van der Waals surface area contributed by atoms with Gasteiger partial charge in [0.25, 0.3) is 5.56 Å². The van der Waals surface area contributed by atoms with Gasteiger partial charge in [-0.2, -0.15) is 0 Å². The van der Waals surface area contributed by atoms with Crippen molar-refractivity contribution >= 4 is 39.1 Å². The van der Waals surface area contributed by atoms with Crippen LogP contribution in [-0.2, 0) is 17.8 Å². The van der Waals surface area contributed by atoms with Gasteiger partial charge in [-0.05, 0) is 48.5 Å². The fraction of sp³-hybridized carbons (Fsp3) is 0.0833. The van der Waals surface area contributed by atoms with Gasteiger partial charge < -0.3 is 10.1 Å². The molecule has 2 heterocycles. The summed E-state index contributed by atoms with van der Waals surface area (Å²) in [6.45, 7) is -0.223. The number of aromatic nitrogens is 2. The standard InChI is InChI=1S/C24H16BrClFN3O3/c25-15-6-9-21-14(10-15)11-18-23(32)30(17-4-2-1-3-5-17)29(24(18)33-21)13-22(31)28-20-8-7-16(27)12-19(20)26/h1-10,12H,11,13H2,(H,28,31). The van der Waals surface area contributed by atoms with Crippen molar-refractivity contribution in [2.24, 2.45) is 0 Å². The molecule has 6 nitrogen and oxygen atoms in total. The SMILES string of the molecule is O=C(Cn1c2c(c(=O)n1-c1ccccc1)Cc1cc(Br)ccc1O2)Nc1ccc(F)cc1Cl. The molecule has 0 bridgehead atoms. The molecule has 1 aliphatic rings. The average Bonchev–Trinajstić information content (AvgIpc) is 3.05. The van der Waals surface area contributed by atoms with Gasteiger partial charge in [0.1, 0.15) is 18.1 Å². The number of halogens is 3. The third kappa shape index (κ3) is 4.07. The van der Waals surface area contributed by atoms with Crippen LogP contribution in [0.15, 0.2) is 76.0 Å². The number of carbonyl (C=O) groups is 1. The molecule has 0 atom stereocenters. The number of anilines is 1. The normalized spacial score (nSPS) is 12.0. The maximum atomic E-state index is 13.4. The van der Waals surface area contributed by atoms with Gasteiger partial charge in [0.15, 0.2) is 0 Å². The summed E-state index contributed by atoms with van der Waals surface area (Å²) in [7, 11) is 0. The molecule has 9 heteroatoms. The highest BCUT2D eigenvalue weighted by Gasteiger charge is 2.29. The molecule has 3 aromatic carbocycles. The van der Waals surface area contributed by atoms with E-state index < -0.39 is 11.7 Å². The lowest BCUT2D eigenvalue weighted by atomic mass is 10.0. The number of hydrogen-bond donors (Lipinski definition) is 1. The summed E-state index contributed by atoms with van der Waals surface area (Å²) in [6.07, 6.45) is 0.369. The minimum Gasteiger partial charge on any atom is -0.439 e. The van der Waals surface area contributed by atoms with Gasteiger partial charge in [-0.15, -0.1) is 0 Å². The largest absolute Gasteiger partial charge is 0.439 e. The molecule has 1 aromatic heterocycles. The number of rotatable bonds is 4. The van der Waals surface area contributed by atoms with E-state index in [-0.39, 0.29) is 22.8 Å². The van der Waals surface area contributed by atoms with Crippen LogP contribution in [0.2, 0.25) is 5.02 Å². The lowest BCUT2D eigenvalue weighted by Crippen LogP contribution is -2.27. The van der Waals surface area contributed by atoms with Crippen LogP contribution >= 0.6 is 27.5 Å². The summed E-state index contributed by atoms with van der Waals surface area (Å²) in [5.74, 6) is -0.0315. The number of nitrogens with one attached hydrogen (secondary N) is 1. The zero-order chi connectivity index (χ0) is 23.1. The van der Waals surface area contributed by atoms with Crippen molar-refractivity contribution in [3.05, 3.63) is 104 Å². The molecule has 0 aliphatic carbocycles. The van der Waals surface area contributed by atoms with E-state index in [0.29, 0.717) is 29.3 Å². The zero-order valence-corrected chi connectivity index (χ0v) is 19.4. The van der Waals surface area contributed by atoms with E-state index in [1.54, 1.807) is 12.1 Å². The summed E-state index contributed by atoms with van der Waals surface area (Å²) < 4.78 is 23.3. The third-order valence-electron chi connectivity index (χ3n) is 5.28. The molecule has 5 rings (SSSR count). The molecule has 1 aliphatic heterocycles. The highest BCUT2D eigenvalue weighted by atomic mass is 79.9. The van der Waals surface area contributed by atoms with E-state index >= 15 is 0 Å². The van der Waals surface area contributed by atoms with Crippen LogP contribution in [0.4, 0.5) is 10.1 Å². The van der Waals surface area contributed by atoms with E-state index in [4.69, 9.17) is 16.3 Å². The Hall–Kier alpha value is -3.36. The second-order valence-corrected chi connectivity index (χ2v) is 8.82. The molecular weight excluding hydrogens is 513 g/mol. The van der Waals surface area contributed by atoms with Crippen molar-refractivity contribution in [1.82, 2.24) is 9.36 Å². The second kappa shape index (κ2) is 8.53. The van der Waals surface area contributed by atoms with Gasteiger partial charge in [0.05, 0.1) is 22.0 Å². The number of para-hydroxylation sites is 1. The number of fused-ring (bicyclic) bond motifs is 2. The topological polar surface area (TPSA) is 65.3 Å². The van der Waals surface area contributed by atoms with Crippen molar-refractivity contribution in [2.45, 2.75) is 13.0 Å². The van der Waals surface area contributed by atoms with Crippen LogP contribution in [0.5, 0.6) is 11.6 Å². The quantitative estimate of drug-likeness (QED) is 0.334. The highest BCUT2D eigenvalue weighted by Crippen LogP contribution is 2.37. The first-order valence-electron chi connectivity index (χ1n) is 10.0. The number of amides is 1. The Labute approximate surface area is 201 Å². The lowest BCUT2D eigenvalue weighted by molar-refractivity contribution is -0.117. The summed E-state index contributed by atoms with van der Waals surface area (Å²) in [4.78, 5) is 26.3. The molecule has 0 fully saturated rings. The Balaban J connectivity index is 1.57. The van der Waals surface area contributed by atoms with E-state index in [1.165, 1.54) is 21.5 Å². The molecule has 0 radical (unpaired) electrons. The predicted molar refractivity (Wildman–Crippen MR) is 127 cm³/mol. The Morgan fingerprint density at radius 1 is 1.12 bits per heavy atom. The average molecular weight is 529 g/mol. The van der Waals surface area contributed by atoms with Crippen molar-refractivity contribution in [2.75, 3.05) is 5.32 Å². The van der Waals surface area contributed by atoms with Gasteiger partial charge in [0.2, 0.25) is 11.8 Å². The van der Waals surface area contributed by atoms with Crippen molar-refractivity contribution in [3.63, 3.8) is 0 Å². The molecule has 1 N–H and O–H groups in total. The van der Waals surface area contributed by atoms with Crippen molar-refractivity contribution in [1.29, 1.82) is 0 Å². The number of benzene rings is 3.